The van der Waals surface area contributed by atoms with Crippen LogP contribution in [0.3, 0.4) is 0 Å². The molecular formula is C22H28N2O4. The number of aryl methyl sites for hydroxylation is 1. The molecule has 0 fully saturated rings. The van der Waals surface area contributed by atoms with E-state index < -0.39 is 17.9 Å². The van der Waals surface area contributed by atoms with Crippen molar-refractivity contribution in [2.75, 3.05) is 0 Å². The van der Waals surface area contributed by atoms with Crippen molar-refractivity contribution >= 4 is 11.8 Å². The van der Waals surface area contributed by atoms with Crippen molar-refractivity contribution < 1.29 is 19.1 Å². The zero-order valence-electron chi connectivity index (χ0n) is 17.0. The van der Waals surface area contributed by atoms with Crippen LogP contribution in [0.5, 0.6) is 5.75 Å². The lowest BCUT2D eigenvalue weighted by Gasteiger charge is -2.17. The highest BCUT2D eigenvalue weighted by atomic mass is 16.5. The van der Waals surface area contributed by atoms with Gasteiger partial charge in [0.1, 0.15) is 5.75 Å². The van der Waals surface area contributed by atoms with Crippen LogP contribution in [0.2, 0.25) is 0 Å². The summed E-state index contributed by atoms with van der Waals surface area (Å²) in [4.78, 5) is 24.4. The standard InChI is InChI=1S/C22H28N2O4/c1-14(2)27-13-18-9-11-19(12-10-18)22(26)24-23-21(25)17(5)28-20-8-6-7-15(3)16(20)4/h6-12,14,17H,13H2,1-5H3,(H,23,25)(H,24,26)/t17-/m0/s1. The van der Waals surface area contributed by atoms with Crippen molar-refractivity contribution in [2.24, 2.45) is 0 Å². The van der Waals surface area contributed by atoms with Gasteiger partial charge in [0, 0.05) is 5.56 Å². The first-order valence-electron chi connectivity index (χ1n) is 9.31. The van der Waals surface area contributed by atoms with Gasteiger partial charge in [0.25, 0.3) is 11.8 Å². The van der Waals surface area contributed by atoms with Crippen molar-refractivity contribution in [2.45, 2.75) is 53.4 Å². The number of carbonyl (C=O) groups excluding carboxylic acids is 2. The fourth-order valence-electron chi connectivity index (χ4n) is 2.40. The summed E-state index contributed by atoms with van der Waals surface area (Å²) < 4.78 is 11.2. The number of benzene rings is 2. The lowest BCUT2D eigenvalue weighted by atomic mass is 10.1. The monoisotopic (exact) mass is 384 g/mol. The topological polar surface area (TPSA) is 76.7 Å². The maximum absolute atomic E-state index is 12.2. The second kappa shape index (κ2) is 9.90. The van der Waals surface area contributed by atoms with Crippen molar-refractivity contribution in [1.82, 2.24) is 10.9 Å². The number of nitrogens with one attached hydrogen (secondary N) is 2. The van der Waals surface area contributed by atoms with Gasteiger partial charge in [0.05, 0.1) is 12.7 Å². The van der Waals surface area contributed by atoms with Gasteiger partial charge in [0.15, 0.2) is 6.10 Å². The zero-order valence-corrected chi connectivity index (χ0v) is 17.0. The molecule has 0 saturated carbocycles. The van der Waals surface area contributed by atoms with E-state index in [1.165, 1.54) is 0 Å². The Bertz CT molecular complexity index is 816. The fourth-order valence-corrected chi connectivity index (χ4v) is 2.40. The highest BCUT2D eigenvalue weighted by Gasteiger charge is 2.17. The molecule has 0 bridgehead atoms. The molecule has 0 saturated heterocycles. The number of hydrogen-bond donors (Lipinski definition) is 2. The van der Waals surface area contributed by atoms with E-state index in [4.69, 9.17) is 9.47 Å². The largest absolute Gasteiger partial charge is 0.481 e. The summed E-state index contributed by atoms with van der Waals surface area (Å²) >= 11 is 0. The molecule has 0 aromatic heterocycles. The maximum Gasteiger partial charge on any atom is 0.279 e. The van der Waals surface area contributed by atoms with E-state index in [0.29, 0.717) is 17.9 Å². The molecule has 0 aliphatic carbocycles. The first-order chi connectivity index (χ1) is 13.3. The Labute approximate surface area is 166 Å². The average molecular weight is 384 g/mol. The van der Waals surface area contributed by atoms with Crippen LogP contribution in [0, 0.1) is 13.8 Å². The summed E-state index contributed by atoms with van der Waals surface area (Å²) in [6.45, 7) is 9.97. The Morgan fingerprint density at radius 1 is 0.964 bits per heavy atom. The van der Waals surface area contributed by atoms with E-state index in [1.54, 1.807) is 19.1 Å². The van der Waals surface area contributed by atoms with Crippen LogP contribution in [0.4, 0.5) is 0 Å². The van der Waals surface area contributed by atoms with E-state index in [2.05, 4.69) is 10.9 Å². The van der Waals surface area contributed by atoms with Gasteiger partial charge in [-0.15, -0.1) is 0 Å². The molecule has 0 heterocycles. The highest BCUT2D eigenvalue weighted by Crippen LogP contribution is 2.21. The van der Waals surface area contributed by atoms with Gasteiger partial charge in [-0.05, 0) is 69.5 Å². The first-order valence-corrected chi connectivity index (χ1v) is 9.31. The second-order valence-corrected chi connectivity index (χ2v) is 6.96. The van der Waals surface area contributed by atoms with Crippen LogP contribution in [-0.2, 0) is 16.1 Å². The highest BCUT2D eigenvalue weighted by molar-refractivity contribution is 5.95. The molecular weight excluding hydrogens is 356 g/mol. The third-order valence-corrected chi connectivity index (χ3v) is 4.33. The van der Waals surface area contributed by atoms with E-state index in [0.717, 1.165) is 16.7 Å². The van der Waals surface area contributed by atoms with Gasteiger partial charge in [0.2, 0.25) is 0 Å². The summed E-state index contributed by atoms with van der Waals surface area (Å²) in [5, 5.41) is 0. The summed E-state index contributed by atoms with van der Waals surface area (Å²) in [6.07, 6.45) is -0.609. The van der Waals surface area contributed by atoms with Crippen molar-refractivity contribution in [1.29, 1.82) is 0 Å². The molecule has 2 aromatic carbocycles. The van der Waals surface area contributed by atoms with Gasteiger partial charge < -0.3 is 9.47 Å². The maximum atomic E-state index is 12.2. The molecule has 2 rings (SSSR count). The Kier molecular flexibility index (Phi) is 7.58. The number of amides is 2. The minimum absolute atomic E-state index is 0.144. The molecule has 0 radical (unpaired) electrons. The van der Waals surface area contributed by atoms with Gasteiger partial charge in [-0.1, -0.05) is 24.3 Å². The molecule has 150 valence electrons. The Morgan fingerprint density at radius 2 is 1.64 bits per heavy atom. The normalized spacial score (nSPS) is 11.8. The van der Waals surface area contributed by atoms with Crippen LogP contribution in [-0.4, -0.2) is 24.0 Å². The minimum Gasteiger partial charge on any atom is -0.481 e. The molecule has 6 heteroatoms. The molecule has 0 aliphatic rings. The lowest BCUT2D eigenvalue weighted by Crippen LogP contribution is -2.47. The summed E-state index contributed by atoms with van der Waals surface area (Å²) in [7, 11) is 0. The van der Waals surface area contributed by atoms with Crippen LogP contribution >= 0.6 is 0 Å². The summed E-state index contributed by atoms with van der Waals surface area (Å²) in [5.74, 6) is -0.187. The third-order valence-electron chi connectivity index (χ3n) is 4.33. The molecule has 28 heavy (non-hydrogen) atoms. The molecule has 2 N–H and O–H groups in total. The smallest absolute Gasteiger partial charge is 0.279 e. The first kappa shape index (κ1) is 21.4. The average Bonchev–Trinajstić information content (AvgIpc) is 2.68. The van der Waals surface area contributed by atoms with Gasteiger partial charge in [-0.2, -0.15) is 0 Å². The van der Waals surface area contributed by atoms with Crippen molar-refractivity contribution in [3.05, 3.63) is 64.7 Å². The lowest BCUT2D eigenvalue weighted by molar-refractivity contribution is -0.128. The number of carbonyl (C=O) groups is 2. The molecule has 2 aromatic rings. The molecule has 0 spiro atoms. The van der Waals surface area contributed by atoms with E-state index in [9.17, 15) is 9.59 Å². The van der Waals surface area contributed by atoms with Crippen LogP contribution in [0.1, 0.15) is 47.8 Å². The summed E-state index contributed by atoms with van der Waals surface area (Å²) in [5.41, 5.74) is 8.29. The van der Waals surface area contributed by atoms with Crippen molar-refractivity contribution in [3.8, 4) is 5.75 Å². The van der Waals surface area contributed by atoms with Crippen molar-refractivity contribution in [3.63, 3.8) is 0 Å². The van der Waals surface area contributed by atoms with E-state index in [1.807, 2.05) is 58.0 Å². The Hall–Kier alpha value is -2.86. The van der Waals surface area contributed by atoms with Gasteiger partial charge in [-0.3, -0.25) is 20.4 Å². The van der Waals surface area contributed by atoms with Gasteiger partial charge in [-0.25, -0.2) is 0 Å². The number of hydrazine groups is 1. The second-order valence-electron chi connectivity index (χ2n) is 6.96. The minimum atomic E-state index is -0.753. The van der Waals surface area contributed by atoms with E-state index in [-0.39, 0.29) is 6.10 Å². The number of hydrogen-bond acceptors (Lipinski definition) is 4. The third kappa shape index (κ3) is 6.09. The van der Waals surface area contributed by atoms with Crippen LogP contribution in [0.25, 0.3) is 0 Å². The van der Waals surface area contributed by atoms with Crippen LogP contribution < -0.4 is 15.6 Å². The molecule has 1 atom stereocenters. The summed E-state index contributed by atoms with van der Waals surface area (Å²) in [6, 6.07) is 12.7. The van der Waals surface area contributed by atoms with Crippen LogP contribution in [0.15, 0.2) is 42.5 Å². The molecule has 0 unspecified atom stereocenters. The van der Waals surface area contributed by atoms with Gasteiger partial charge >= 0.3 is 0 Å². The number of rotatable bonds is 7. The Balaban J connectivity index is 1.85. The predicted octanol–water partition coefficient (Wildman–Crippen LogP) is 3.46. The Morgan fingerprint density at radius 3 is 2.29 bits per heavy atom. The zero-order chi connectivity index (χ0) is 20.7. The SMILES string of the molecule is Cc1cccc(O[C@@H](C)C(=O)NNC(=O)c2ccc(COC(C)C)cc2)c1C. The van der Waals surface area contributed by atoms with E-state index >= 15 is 0 Å². The predicted molar refractivity (Wildman–Crippen MR) is 108 cm³/mol. The number of ether oxygens (including phenoxy) is 2. The molecule has 6 nitrogen and oxygen atoms in total. The molecule has 2 amide bonds. The molecule has 0 aliphatic heterocycles. The quantitative estimate of drug-likeness (QED) is 0.717. The fraction of sp³-hybridized carbons (Fsp3) is 0.364.